The summed E-state index contributed by atoms with van der Waals surface area (Å²) in [5.74, 6) is -1.24. The summed E-state index contributed by atoms with van der Waals surface area (Å²) in [5, 5.41) is 12.4. The van der Waals surface area contributed by atoms with Crippen LogP contribution < -0.4 is 5.32 Å². The van der Waals surface area contributed by atoms with E-state index in [0.29, 0.717) is 11.3 Å². The first-order chi connectivity index (χ1) is 10.1. The van der Waals surface area contributed by atoms with Crippen molar-refractivity contribution in [1.29, 1.82) is 0 Å². The van der Waals surface area contributed by atoms with Gasteiger partial charge in [-0.3, -0.25) is 4.79 Å². The number of carbonyl (C=O) groups is 2. The van der Waals surface area contributed by atoms with E-state index < -0.39 is 5.97 Å². The Kier molecular flexibility index (Phi) is 3.16. The highest BCUT2D eigenvalue weighted by molar-refractivity contribution is 6.12. The molecule has 3 N–H and O–H groups in total. The first-order valence-corrected chi connectivity index (χ1v) is 6.36. The fraction of sp³-hybridized carbons (Fsp3) is 0. The van der Waals surface area contributed by atoms with E-state index >= 15 is 0 Å². The quantitative estimate of drug-likeness (QED) is 0.689. The van der Waals surface area contributed by atoms with Gasteiger partial charge in [0.15, 0.2) is 0 Å². The number of benzene rings is 2. The van der Waals surface area contributed by atoms with Crippen LogP contribution in [0.15, 0.2) is 54.7 Å². The summed E-state index contributed by atoms with van der Waals surface area (Å²) in [6, 6.07) is 13.6. The van der Waals surface area contributed by atoms with Crippen molar-refractivity contribution < 1.29 is 14.7 Å². The average molecular weight is 280 g/mol. The van der Waals surface area contributed by atoms with E-state index in [1.807, 2.05) is 24.3 Å². The van der Waals surface area contributed by atoms with Gasteiger partial charge in [-0.25, -0.2) is 4.79 Å². The highest BCUT2D eigenvalue weighted by atomic mass is 16.4. The molecule has 1 amide bonds. The van der Waals surface area contributed by atoms with Crippen LogP contribution in [-0.4, -0.2) is 22.0 Å². The van der Waals surface area contributed by atoms with Crippen molar-refractivity contribution in [2.45, 2.75) is 0 Å². The molecule has 0 aliphatic heterocycles. The maximum atomic E-state index is 12.3. The lowest BCUT2D eigenvalue weighted by atomic mass is 10.1. The van der Waals surface area contributed by atoms with Crippen molar-refractivity contribution in [3.63, 3.8) is 0 Å². The van der Waals surface area contributed by atoms with E-state index in [1.165, 1.54) is 12.1 Å². The van der Waals surface area contributed by atoms with E-state index in [-0.39, 0.29) is 11.5 Å². The number of carbonyl (C=O) groups excluding carboxylic acids is 1. The number of para-hydroxylation sites is 1. The first kappa shape index (κ1) is 12.9. The molecule has 0 aliphatic rings. The Morgan fingerprint density at radius 3 is 2.43 bits per heavy atom. The van der Waals surface area contributed by atoms with Crippen LogP contribution >= 0.6 is 0 Å². The normalized spacial score (nSPS) is 10.5. The molecular weight excluding hydrogens is 268 g/mol. The monoisotopic (exact) mass is 280 g/mol. The van der Waals surface area contributed by atoms with E-state index in [4.69, 9.17) is 5.11 Å². The number of hydrogen-bond donors (Lipinski definition) is 3. The number of rotatable bonds is 3. The van der Waals surface area contributed by atoms with Gasteiger partial charge in [0.2, 0.25) is 0 Å². The number of carboxylic acids is 1. The molecule has 1 heterocycles. The molecule has 104 valence electrons. The Balaban J connectivity index is 1.84. The number of aromatic nitrogens is 1. The Bertz CT molecular complexity index is 819. The number of amides is 1. The maximum Gasteiger partial charge on any atom is 0.335 e. The average Bonchev–Trinajstić information content (AvgIpc) is 2.92. The third-order valence-electron chi connectivity index (χ3n) is 3.22. The van der Waals surface area contributed by atoms with Crippen molar-refractivity contribution in [1.82, 2.24) is 4.98 Å². The molecule has 0 spiro atoms. The lowest BCUT2D eigenvalue weighted by Crippen LogP contribution is -2.11. The zero-order valence-electron chi connectivity index (χ0n) is 11.0. The molecule has 0 saturated carbocycles. The van der Waals surface area contributed by atoms with E-state index in [0.717, 1.165) is 10.9 Å². The van der Waals surface area contributed by atoms with Gasteiger partial charge < -0.3 is 15.4 Å². The van der Waals surface area contributed by atoms with Gasteiger partial charge in [-0.1, -0.05) is 18.2 Å². The highest BCUT2D eigenvalue weighted by Gasteiger charge is 2.12. The number of anilines is 1. The van der Waals surface area contributed by atoms with Gasteiger partial charge in [0.05, 0.1) is 11.1 Å². The number of aromatic carboxylic acids is 1. The van der Waals surface area contributed by atoms with Crippen LogP contribution in [0.1, 0.15) is 20.7 Å². The molecule has 0 fully saturated rings. The molecule has 5 nitrogen and oxygen atoms in total. The third-order valence-corrected chi connectivity index (χ3v) is 3.22. The Hall–Kier alpha value is -3.08. The van der Waals surface area contributed by atoms with E-state index in [2.05, 4.69) is 10.3 Å². The molecule has 5 heteroatoms. The molecule has 3 rings (SSSR count). The van der Waals surface area contributed by atoms with Gasteiger partial charge in [0.1, 0.15) is 0 Å². The number of H-pyrrole nitrogens is 1. The van der Waals surface area contributed by atoms with E-state index in [1.54, 1.807) is 18.3 Å². The van der Waals surface area contributed by atoms with Crippen LogP contribution in [0, 0.1) is 0 Å². The zero-order chi connectivity index (χ0) is 14.8. The predicted molar refractivity (Wildman–Crippen MR) is 79.7 cm³/mol. The molecule has 21 heavy (non-hydrogen) atoms. The summed E-state index contributed by atoms with van der Waals surface area (Å²) in [7, 11) is 0. The number of nitrogens with one attached hydrogen (secondary N) is 2. The smallest absolute Gasteiger partial charge is 0.335 e. The third kappa shape index (κ3) is 2.49. The second-order valence-electron chi connectivity index (χ2n) is 4.58. The van der Waals surface area contributed by atoms with Crippen molar-refractivity contribution >= 4 is 28.5 Å². The molecule has 2 aromatic carbocycles. The summed E-state index contributed by atoms with van der Waals surface area (Å²) in [4.78, 5) is 26.1. The SMILES string of the molecule is O=C(O)c1ccc(NC(=O)c2c[nH]c3ccccc23)cc1. The Morgan fingerprint density at radius 2 is 1.71 bits per heavy atom. The van der Waals surface area contributed by atoms with Gasteiger partial charge in [-0.2, -0.15) is 0 Å². The maximum absolute atomic E-state index is 12.3. The molecule has 0 atom stereocenters. The zero-order valence-corrected chi connectivity index (χ0v) is 11.0. The van der Waals surface area contributed by atoms with Crippen LogP contribution in [0.5, 0.6) is 0 Å². The molecule has 0 bridgehead atoms. The Labute approximate surface area is 120 Å². The summed E-state index contributed by atoms with van der Waals surface area (Å²) in [6.07, 6.45) is 1.66. The standard InChI is InChI=1S/C16H12N2O3/c19-15(13-9-17-14-4-2-1-3-12(13)14)18-11-7-5-10(6-8-11)16(20)21/h1-9,17H,(H,18,19)(H,20,21). The minimum Gasteiger partial charge on any atom is -0.478 e. The summed E-state index contributed by atoms with van der Waals surface area (Å²) < 4.78 is 0. The Morgan fingerprint density at radius 1 is 1.00 bits per heavy atom. The molecule has 0 unspecified atom stereocenters. The van der Waals surface area contributed by atoms with Gasteiger partial charge in [0, 0.05) is 22.8 Å². The fourth-order valence-electron chi connectivity index (χ4n) is 2.15. The number of carboxylic acid groups (broad SMARTS) is 1. The predicted octanol–water partition coefficient (Wildman–Crippen LogP) is 3.12. The largest absolute Gasteiger partial charge is 0.478 e. The fourth-order valence-corrected chi connectivity index (χ4v) is 2.15. The lowest BCUT2D eigenvalue weighted by molar-refractivity contribution is 0.0696. The van der Waals surface area contributed by atoms with Crippen molar-refractivity contribution in [2.75, 3.05) is 5.32 Å². The first-order valence-electron chi connectivity index (χ1n) is 6.36. The van der Waals surface area contributed by atoms with Crippen molar-refractivity contribution in [3.8, 4) is 0 Å². The number of fused-ring (bicyclic) bond motifs is 1. The summed E-state index contributed by atoms with van der Waals surface area (Å²) >= 11 is 0. The highest BCUT2D eigenvalue weighted by Crippen LogP contribution is 2.19. The van der Waals surface area contributed by atoms with Crippen LogP contribution in [-0.2, 0) is 0 Å². The van der Waals surface area contributed by atoms with Gasteiger partial charge in [-0.15, -0.1) is 0 Å². The van der Waals surface area contributed by atoms with Gasteiger partial charge >= 0.3 is 5.97 Å². The molecule has 0 saturated heterocycles. The summed E-state index contributed by atoms with van der Waals surface area (Å²) in [5.41, 5.74) is 2.17. The number of aromatic amines is 1. The van der Waals surface area contributed by atoms with Crippen molar-refractivity contribution in [3.05, 3.63) is 65.9 Å². The summed E-state index contributed by atoms with van der Waals surface area (Å²) in [6.45, 7) is 0. The van der Waals surface area contributed by atoms with Crippen LogP contribution in [0.2, 0.25) is 0 Å². The van der Waals surface area contributed by atoms with Crippen molar-refractivity contribution in [2.24, 2.45) is 0 Å². The molecule has 0 radical (unpaired) electrons. The second-order valence-corrected chi connectivity index (χ2v) is 4.58. The molecular formula is C16H12N2O3. The van der Waals surface area contributed by atoms with Gasteiger partial charge in [-0.05, 0) is 30.3 Å². The van der Waals surface area contributed by atoms with Crippen LogP contribution in [0.25, 0.3) is 10.9 Å². The van der Waals surface area contributed by atoms with Gasteiger partial charge in [0.25, 0.3) is 5.91 Å². The minimum atomic E-state index is -0.996. The minimum absolute atomic E-state index is 0.181. The second kappa shape index (κ2) is 5.13. The van der Waals surface area contributed by atoms with E-state index in [9.17, 15) is 9.59 Å². The molecule has 3 aromatic rings. The van der Waals surface area contributed by atoms with Crippen LogP contribution in [0.3, 0.4) is 0 Å². The molecule has 0 aliphatic carbocycles. The topological polar surface area (TPSA) is 82.2 Å². The number of hydrogen-bond acceptors (Lipinski definition) is 2. The van der Waals surface area contributed by atoms with Crippen LogP contribution in [0.4, 0.5) is 5.69 Å². The molecule has 1 aromatic heterocycles. The lowest BCUT2D eigenvalue weighted by Gasteiger charge is -2.04.